The summed E-state index contributed by atoms with van der Waals surface area (Å²) in [5, 5.41) is 0. The molecule has 0 fully saturated rings. The summed E-state index contributed by atoms with van der Waals surface area (Å²) in [6.07, 6.45) is 0. The van der Waals surface area contributed by atoms with E-state index in [1.807, 2.05) is 0 Å². The van der Waals surface area contributed by atoms with Crippen molar-refractivity contribution in [2.45, 2.75) is 25.6 Å². The first kappa shape index (κ1) is 9.15. The maximum atomic E-state index is 12.9. The van der Waals surface area contributed by atoms with Gasteiger partial charge in [-0.1, -0.05) is 0 Å². The molecule has 0 aromatic carbocycles. The summed E-state index contributed by atoms with van der Waals surface area (Å²) in [5.41, 5.74) is 0. The summed E-state index contributed by atoms with van der Waals surface area (Å²) in [6, 6.07) is -3.79. The molecule has 2 nitrogen and oxygen atoms in total. The summed E-state index contributed by atoms with van der Waals surface area (Å²) < 4.78 is 57.5. The lowest BCUT2D eigenvalue weighted by Gasteiger charge is -2.35. The zero-order valence-electron chi connectivity index (χ0n) is 6.33. The summed E-state index contributed by atoms with van der Waals surface area (Å²) in [7, 11) is 0. The van der Waals surface area contributed by atoms with Crippen molar-refractivity contribution in [1.82, 2.24) is 0 Å². The van der Waals surface area contributed by atoms with E-state index in [4.69, 9.17) is 0 Å². The van der Waals surface area contributed by atoms with Gasteiger partial charge in [-0.15, -0.1) is 0 Å². The number of hydrogen-bond donors (Lipinski definition) is 0. The molecular weight excluding hydrogens is 180 g/mol. The molecule has 2 atom stereocenters. The molecule has 70 valence electrons. The van der Waals surface area contributed by atoms with E-state index in [1.165, 1.54) is 0 Å². The lowest BCUT2D eigenvalue weighted by Crippen LogP contribution is -2.49. The number of ether oxygens (including phenoxy) is 2. The molecule has 1 heterocycles. The maximum absolute atomic E-state index is 12.9. The Kier molecular flexibility index (Phi) is 1.73. The highest BCUT2D eigenvalue weighted by Crippen LogP contribution is 2.41. The molecule has 0 aromatic rings. The van der Waals surface area contributed by atoms with Crippen LogP contribution in [0.15, 0.2) is 12.0 Å². The topological polar surface area (TPSA) is 18.5 Å². The van der Waals surface area contributed by atoms with Gasteiger partial charge in [0, 0.05) is 13.8 Å². The van der Waals surface area contributed by atoms with E-state index in [-0.39, 0.29) is 0 Å². The van der Waals surface area contributed by atoms with E-state index >= 15 is 0 Å². The standard InChI is InChI=1S/C6H6F4O2/c1-5(9)6(2,10)12-4(8)3(7)11-5/h1-2H3. The van der Waals surface area contributed by atoms with Crippen LogP contribution in [0.2, 0.25) is 0 Å². The molecule has 6 heteroatoms. The Morgan fingerprint density at radius 2 is 1.17 bits per heavy atom. The monoisotopic (exact) mass is 186 g/mol. The third-order valence-corrected chi connectivity index (χ3v) is 1.51. The van der Waals surface area contributed by atoms with E-state index in [0.29, 0.717) is 13.8 Å². The second-order valence-corrected chi connectivity index (χ2v) is 2.59. The largest absolute Gasteiger partial charge is 0.422 e. The predicted molar refractivity (Wildman–Crippen MR) is 30.4 cm³/mol. The summed E-state index contributed by atoms with van der Waals surface area (Å²) in [6.45, 7) is 1.19. The van der Waals surface area contributed by atoms with Crippen molar-refractivity contribution in [2.24, 2.45) is 0 Å². The molecule has 12 heavy (non-hydrogen) atoms. The molecule has 1 aliphatic heterocycles. The van der Waals surface area contributed by atoms with Gasteiger partial charge >= 0.3 is 23.7 Å². The molecule has 0 N–H and O–H groups in total. The van der Waals surface area contributed by atoms with Crippen LogP contribution in [-0.2, 0) is 9.47 Å². The van der Waals surface area contributed by atoms with Crippen molar-refractivity contribution < 1.29 is 27.0 Å². The van der Waals surface area contributed by atoms with Crippen LogP contribution in [0.4, 0.5) is 17.6 Å². The first-order valence-electron chi connectivity index (χ1n) is 3.07. The maximum Gasteiger partial charge on any atom is 0.349 e. The van der Waals surface area contributed by atoms with Crippen molar-refractivity contribution in [1.29, 1.82) is 0 Å². The fraction of sp³-hybridized carbons (Fsp3) is 0.667. The van der Waals surface area contributed by atoms with Crippen molar-refractivity contribution in [3.63, 3.8) is 0 Å². The third kappa shape index (κ3) is 1.21. The highest BCUT2D eigenvalue weighted by Gasteiger charge is 2.56. The van der Waals surface area contributed by atoms with Gasteiger partial charge in [-0.3, -0.25) is 0 Å². The van der Waals surface area contributed by atoms with Crippen LogP contribution in [0, 0.1) is 0 Å². The van der Waals surface area contributed by atoms with E-state index in [2.05, 4.69) is 9.47 Å². The minimum absolute atomic E-state index is 0.596. The fourth-order valence-corrected chi connectivity index (χ4v) is 0.599. The van der Waals surface area contributed by atoms with E-state index < -0.39 is 23.7 Å². The number of hydrogen-bond acceptors (Lipinski definition) is 2. The minimum Gasteiger partial charge on any atom is -0.422 e. The molecule has 0 bridgehead atoms. The molecule has 0 radical (unpaired) electrons. The van der Waals surface area contributed by atoms with E-state index in [1.54, 1.807) is 0 Å². The van der Waals surface area contributed by atoms with Gasteiger partial charge in [-0.05, 0) is 0 Å². The van der Waals surface area contributed by atoms with Crippen LogP contribution in [0.25, 0.3) is 0 Å². The van der Waals surface area contributed by atoms with Crippen LogP contribution >= 0.6 is 0 Å². The molecule has 1 aliphatic rings. The van der Waals surface area contributed by atoms with Crippen LogP contribution in [0.5, 0.6) is 0 Å². The number of halogens is 4. The molecule has 0 saturated heterocycles. The number of alkyl halides is 2. The minimum atomic E-state index is -3.04. The second-order valence-electron chi connectivity index (χ2n) is 2.59. The quantitative estimate of drug-likeness (QED) is 0.541. The van der Waals surface area contributed by atoms with Gasteiger partial charge in [0.1, 0.15) is 0 Å². The van der Waals surface area contributed by atoms with Crippen LogP contribution in [-0.4, -0.2) is 11.7 Å². The summed E-state index contributed by atoms with van der Waals surface area (Å²) in [4.78, 5) is 0. The average Bonchev–Trinajstić information content (AvgIpc) is 1.82. The fourth-order valence-electron chi connectivity index (χ4n) is 0.599. The first-order valence-corrected chi connectivity index (χ1v) is 3.07. The zero-order valence-corrected chi connectivity index (χ0v) is 6.33. The Labute approximate surface area is 65.8 Å². The highest BCUT2D eigenvalue weighted by atomic mass is 19.2. The molecule has 0 aliphatic carbocycles. The highest BCUT2D eigenvalue weighted by molar-refractivity contribution is 4.96. The Morgan fingerprint density at radius 3 is 1.42 bits per heavy atom. The molecule has 0 aromatic heterocycles. The Bertz CT molecular complexity index is 210. The lowest BCUT2D eigenvalue weighted by atomic mass is 10.2. The Balaban J connectivity index is 3.00. The summed E-state index contributed by atoms with van der Waals surface area (Å²) in [5.74, 6) is -6.07. The van der Waals surface area contributed by atoms with Gasteiger partial charge in [0.25, 0.3) is 0 Å². The molecule has 1 rings (SSSR count). The molecule has 0 saturated carbocycles. The normalized spacial score (nSPS) is 42.2. The van der Waals surface area contributed by atoms with E-state index in [0.717, 1.165) is 0 Å². The van der Waals surface area contributed by atoms with Crippen LogP contribution < -0.4 is 0 Å². The molecule has 0 amide bonds. The van der Waals surface area contributed by atoms with Crippen molar-refractivity contribution in [3.05, 3.63) is 12.0 Å². The van der Waals surface area contributed by atoms with Crippen molar-refractivity contribution in [2.75, 3.05) is 0 Å². The van der Waals surface area contributed by atoms with Gasteiger partial charge in [0.15, 0.2) is 0 Å². The Morgan fingerprint density at radius 1 is 0.917 bits per heavy atom. The van der Waals surface area contributed by atoms with E-state index in [9.17, 15) is 17.6 Å². The lowest BCUT2D eigenvalue weighted by molar-refractivity contribution is -0.323. The third-order valence-electron chi connectivity index (χ3n) is 1.51. The predicted octanol–water partition coefficient (Wildman–Crippen LogP) is 2.47. The second kappa shape index (κ2) is 2.27. The number of rotatable bonds is 0. The van der Waals surface area contributed by atoms with Crippen molar-refractivity contribution in [3.8, 4) is 0 Å². The van der Waals surface area contributed by atoms with Gasteiger partial charge in [0.05, 0.1) is 0 Å². The molecular formula is C6H6F4O2. The van der Waals surface area contributed by atoms with Gasteiger partial charge in [-0.2, -0.15) is 17.6 Å². The first-order chi connectivity index (χ1) is 5.26. The SMILES string of the molecule is CC1(F)OC(F)=C(F)OC1(C)F. The average molecular weight is 186 g/mol. The van der Waals surface area contributed by atoms with Crippen LogP contribution in [0.1, 0.15) is 13.8 Å². The molecule has 0 spiro atoms. The van der Waals surface area contributed by atoms with Gasteiger partial charge < -0.3 is 9.47 Å². The molecule has 2 unspecified atom stereocenters. The van der Waals surface area contributed by atoms with Gasteiger partial charge in [0.2, 0.25) is 0 Å². The smallest absolute Gasteiger partial charge is 0.349 e. The Hall–Kier alpha value is -0.940. The van der Waals surface area contributed by atoms with Gasteiger partial charge in [-0.25, -0.2) is 0 Å². The van der Waals surface area contributed by atoms with Crippen LogP contribution in [0.3, 0.4) is 0 Å². The van der Waals surface area contributed by atoms with Crippen molar-refractivity contribution >= 4 is 0 Å². The zero-order chi connectivity index (χ0) is 9.57. The summed E-state index contributed by atoms with van der Waals surface area (Å²) >= 11 is 0.